The maximum absolute atomic E-state index is 12.6. The number of aromatic nitrogens is 3. The fourth-order valence-corrected chi connectivity index (χ4v) is 2.91. The van der Waals surface area contributed by atoms with Crippen molar-refractivity contribution in [2.24, 2.45) is 0 Å². The highest BCUT2D eigenvalue weighted by Crippen LogP contribution is 2.29. The average Bonchev–Trinajstić information content (AvgIpc) is 3.28. The van der Waals surface area contributed by atoms with E-state index in [0.717, 1.165) is 0 Å². The van der Waals surface area contributed by atoms with Gasteiger partial charge in [0, 0.05) is 29.5 Å². The summed E-state index contributed by atoms with van der Waals surface area (Å²) in [6, 6.07) is 15.6. The molecule has 0 saturated heterocycles. The minimum atomic E-state index is -0.575. The number of benzene rings is 2. The highest BCUT2D eigenvalue weighted by atomic mass is 35.5. The monoisotopic (exact) mass is 465 g/mol. The number of pyridine rings is 1. The molecule has 0 saturated carbocycles. The molecule has 2 aromatic carbocycles. The third-order valence-corrected chi connectivity index (χ3v) is 4.53. The largest absolute Gasteiger partial charge is 0.471 e. The first-order chi connectivity index (χ1) is 16.0. The van der Waals surface area contributed by atoms with Gasteiger partial charge in [-0.3, -0.25) is 19.9 Å². The molecule has 0 bridgehead atoms. The Morgan fingerprint density at radius 3 is 2.64 bits per heavy atom. The predicted molar refractivity (Wildman–Crippen MR) is 120 cm³/mol. The van der Waals surface area contributed by atoms with Crippen LogP contribution in [0, 0.1) is 10.1 Å². The van der Waals surface area contributed by atoms with Gasteiger partial charge < -0.3 is 14.8 Å². The summed E-state index contributed by atoms with van der Waals surface area (Å²) in [7, 11) is 0. The summed E-state index contributed by atoms with van der Waals surface area (Å²) in [5.41, 5.74) is 0.0459. The quantitative estimate of drug-likeness (QED) is 0.289. The van der Waals surface area contributed by atoms with Crippen LogP contribution in [0.1, 0.15) is 10.5 Å². The Morgan fingerprint density at radius 1 is 1.09 bits per heavy atom. The van der Waals surface area contributed by atoms with Crippen molar-refractivity contribution in [2.45, 2.75) is 6.73 Å². The van der Waals surface area contributed by atoms with Crippen molar-refractivity contribution in [3.05, 3.63) is 100 Å². The lowest BCUT2D eigenvalue weighted by Gasteiger charge is -2.09. The molecule has 4 rings (SSSR count). The van der Waals surface area contributed by atoms with Gasteiger partial charge in [0.2, 0.25) is 0 Å². The van der Waals surface area contributed by atoms with Crippen molar-refractivity contribution in [3.8, 4) is 17.2 Å². The number of hydrogen-bond donors (Lipinski definition) is 1. The van der Waals surface area contributed by atoms with Gasteiger partial charge >= 0.3 is 0 Å². The van der Waals surface area contributed by atoms with Gasteiger partial charge in [-0.15, -0.1) is 0 Å². The Labute approximate surface area is 192 Å². The first-order valence-corrected chi connectivity index (χ1v) is 9.94. The van der Waals surface area contributed by atoms with E-state index >= 15 is 0 Å². The van der Waals surface area contributed by atoms with E-state index < -0.39 is 10.8 Å². The van der Waals surface area contributed by atoms with Gasteiger partial charge in [0.15, 0.2) is 12.4 Å². The summed E-state index contributed by atoms with van der Waals surface area (Å²) in [6.07, 6.45) is 4.62. The maximum atomic E-state index is 12.6. The number of nitro groups is 1. The zero-order chi connectivity index (χ0) is 23.2. The number of nitro benzene ring substituents is 1. The number of halogens is 1. The van der Waals surface area contributed by atoms with Crippen molar-refractivity contribution in [1.29, 1.82) is 0 Å². The molecule has 4 aromatic rings. The maximum Gasteiger partial charge on any atom is 0.276 e. The van der Waals surface area contributed by atoms with Crippen molar-refractivity contribution >= 4 is 28.9 Å². The molecule has 0 atom stereocenters. The van der Waals surface area contributed by atoms with E-state index in [9.17, 15) is 14.9 Å². The number of carbonyl (C=O) groups excluding carboxylic acids is 1. The molecular formula is C22H16ClN5O5. The molecule has 0 fully saturated rings. The Balaban J connectivity index is 1.45. The molecule has 0 aliphatic carbocycles. The van der Waals surface area contributed by atoms with Crippen molar-refractivity contribution in [2.75, 3.05) is 5.32 Å². The lowest BCUT2D eigenvalue weighted by atomic mass is 10.2. The van der Waals surface area contributed by atoms with E-state index in [1.54, 1.807) is 48.8 Å². The summed E-state index contributed by atoms with van der Waals surface area (Å²) in [6.45, 7) is 0.0782. The molecule has 0 unspecified atom stereocenters. The average molecular weight is 466 g/mol. The molecule has 33 heavy (non-hydrogen) atoms. The Kier molecular flexibility index (Phi) is 6.46. The molecule has 11 heteroatoms. The van der Waals surface area contributed by atoms with Crippen LogP contribution in [0.25, 0.3) is 0 Å². The van der Waals surface area contributed by atoms with E-state index in [4.69, 9.17) is 21.1 Å². The highest BCUT2D eigenvalue weighted by Gasteiger charge is 2.15. The number of nitrogens with one attached hydrogen (secondary N) is 1. The number of rotatable bonds is 8. The highest BCUT2D eigenvalue weighted by molar-refractivity contribution is 6.30. The van der Waals surface area contributed by atoms with Crippen molar-refractivity contribution < 1.29 is 19.2 Å². The second-order valence-corrected chi connectivity index (χ2v) is 7.12. The van der Waals surface area contributed by atoms with Gasteiger partial charge in [-0.2, -0.15) is 5.10 Å². The number of hydrogen-bond acceptors (Lipinski definition) is 7. The minimum absolute atomic E-state index is 0.0782. The van der Waals surface area contributed by atoms with E-state index in [1.165, 1.54) is 35.1 Å². The Morgan fingerprint density at radius 2 is 1.91 bits per heavy atom. The van der Waals surface area contributed by atoms with Crippen LogP contribution >= 0.6 is 11.6 Å². The first kappa shape index (κ1) is 21.8. The van der Waals surface area contributed by atoms with Gasteiger partial charge in [0.1, 0.15) is 17.2 Å². The predicted octanol–water partition coefficient (Wildman–Crippen LogP) is 4.92. The van der Waals surface area contributed by atoms with E-state index in [0.29, 0.717) is 16.5 Å². The SMILES string of the molecule is O=C(Nc1cc(Oc2cccnc2)cc([N+](=O)[O-])c1)c1ccn(COc2ccc(Cl)cc2)n1. The lowest BCUT2D eigenvalue weighted by molar-refractivity contribution is -0.384. The van der Waals surface area contributed by atoms with Gasteiger partial charge in [0.05, 0.1) is 22.9 Å². The molecule has 2 heterocycles. The summed E-state index contributed by atoms with van der Waals surface area (Å²) < 4.78 is 12.6. The van der Waals surface area contributed by atoms with Gasteiger partial charge in [-0.1, -0.05) is 11.6 Å². The smallest absolute Gasteiger partial charge is 0.276 e. The standard InChI is InChI=1S/C22H16ClN5O5/c23-15-3-5-18(6-4-15)32-14-27-9-7-21(26-27)22(29)25-16-10-17(28(30)31)12-20(11-16)33-19-2-1-8-24-13-19/h1-13H,14H2,(H,25,29). The summed E-state index contributed by atoms with van der Waals surface area (Å²) >= 11 is 5.85. The number of amides is 1. The van der Waals surface area contributed by atoms with Crippen LogP contribution in [0.3, 0.4) is 0 Å². The van der Waals surface area contributed by atoms with Crippen molar-refractivity contribution in [3.63, 3.8) is 0 Å². The lowest BCUT2D eigenvalue weighted by Crippen LogP contribution is -2.14. The number of carbonyl (C=O) groups is 1. The molecule has 0 radical (unpaired) electrons. The normalized spacial score (nSPS) is 10.5. The molecule has 2 aromatic heterocycles. The van der Waals surface area contributed by atoms with Crippen molar-refractivity contribution in [1.82, 2.24) is 14.8 Å². The van der Waals surface area contributed by atoms with Crippen LogP contribution in [-0.4, -0.2) is 25.6 Å². The van der Waals surface area contributed by atoms with E-state index in [2.05, 4.69) is 15.4 Å². The molecule has 0 aliphatic heterocycles. The summed E-state index contributed by atoms with van der Waals surface area (Å²) in [4.78, 5) is 27.3. The zero-order valence-electron chi connectivity index (χ0n) is 16.9. The molecular weight excluding hydrogens is 450 g/mol. The molecule has 166 valence electrons. The fraction of sp³-hybridized carbons (Fsp3) is 0.0455. The number of non-ortho nitro benzene ring substituents is 1. The van der Waals surface area contributed by atoms with E-state index in [1.807, 2.05) is 0 Å². The summed E-state index contributed by atoms with van der Waals surface area (Å²) in [5.74, 6) is 0.621. The summed E-state index contributed by atoms with van der Waals surface area (Å²) in [5, 5.41) is 18.7. The minimum Gasteiger partial charge on any atom is -0.471 e. The fourth-order valence-electron chi connectivity index (χ4n) is 2.78. The third-order valence-electron chi connectivity index (χ3n) is 4.28. The van der Waals surface area contributed by atoms with Gasteiger partial charge in [-0.05, 0) is 42.5 Å². The first-order valence-electron chi connectivity index (χ1n) is 9.57. The molecule has 1 amide bonds. The Hall–Kier alpha value is -4.44. The van der Waals surface area contributed by atoms with Crippen LogP contribution in [0.5, 0.6) is 17.2 Å². The number of nitrogens with zero attached hydrogens (tertiary/aromatic N) is 4. The van der Waals surface area contributed by atoms with Crippen LogP contribution in [0.4, 0.5) is 11.4 Å². The third kappa shape index (κ3) is 5.83. The number of anilines is 1. The second-order valence-electron chi connectivity index (χ2n) is 6.69. The van der Waals surface area contributed by atoms with Gasteiger partial charge in [-0.25, -0.2) is 4.68 Å². The van der Waals surface area contributed by atoms with Crippen LogP contribution in [0.2, 0.25) is 5.02 Å². The van der Waals surface area contributed by atoms with Gasteiger partial charge in [0.25, 0.3) is 11.6 Å². The zero-order valence-corrected chi connectivity index (χ0v) is 17.7. The topological polar surface area (TPSA) is 121 Å². The van der Waals surface area contributed by atoms with Crippen LogP contribution in [0.15, 0.2) is 79.3 Å². The molecule has 1 N–H and O–H groups in total. The second kappa shape index (κ2) is 9.79. The molecule has 0 aliphatic rings. The van der Waals surface area contributed by atoms with Crippen LogP contribution in [-0.2, 0) is 6.73 Å². The molecule has 0 spiro atoms. The number of ether oxygens (including phenoxy) is 2. The molecule has 10 nitrogen and oxygen atoms in total. The van der Waals surface area contributed by atoms with Crippen LogP contribution < -0.4 is 14.8 Å². The van der Waals surface area contributed by atoms with E-state index in [-0.39, 0.29) is 29.5 Å². The Bertz CT molecular complexity index is 1280.